The number of fused-ring (bicyclic) bond motifs is 1. The lowest BCUT2D eigenvalue weighted by molar-refractivity contribution is -0.139. The van der Waals surface area contributed by atoms with E-state index < -0.39 is 12.0 Å². The monoisotopic (exact) mass is 772 g/mol. The minimum atomic E-state index is -0.821. The van der Waals surface area contributed by atoms with Crippen LogP contribution in [0.15, 0.2) is 90.7 Å². The summed E-state index contributed by atoms with van der Waals surface area (Å²) < 4.78 is 20.0. The largest absolute Gasteiger partial charge is 0.487 e. The van der Waals surface area contributed by atoms with Gasteiger partial charge in [-0.15, -0.1) is 0 Å². The molecular formula is C33H27Br2ClN2O6S. The summed E-state index contributed by atoms with van der Waals surface area (Å²) in [6, 6.07) is 17.0. The standard InChI is InChI=1S/C33H27Br2ClN2O6S/c1-4-42-31(40)20-12-10-19(11-13-20)17-44-29-21(14-22(34)16-24(29)35)15-26-30(39)38-28(23-8-6-7-9-25(23)36)27(32(41)43-5-2)18(3)37-33(38)45-26/h6-16,28H,4-5,17H2,1-3H3/b26-15-/t28-/m1/s1. The maximum Gasteiger partial charge on any atom is 0.338 e. The summed E-state index contributed by atoms with van der Waals surface area (Å²) in [7, 11) is 0. The van der Waals surface area contributed by atoms with Crippen molar-refractivity contribution in [3.63, 3.8) is 0 Å². The van der Waals surface area contributed by atoms with Crippen molar-refractivity contribution < 1.29 is 23.8 Å². The number of carbonyl (C=O) groups is 2. The fourth-order valence-electron chi connectivity index (χ4n) is 4.87. The number of halogens is 3. The number of ether oxygens (including phenoxy) is 3. The van der Waals surface area contributed by atoms with Gasteiger partial charge in [0.25, 0.3) is 5.56 Å². The number of nitrogens with zero attached hydrogens (tertiary/aromatic N) is 2. The van der Waals surface area contributed by atoms with Gasteiger partial charge in [-0.1, -0.05) is 69.2 Å². The third-order valence-electron chi connectivity index (χ3n) is 6.89. The van der Waals surface area contributed by atoms with E-state index in [-0.39, 0.29) is 30.3 Å². The highest BCUT2D eigenvalue weighted by Gasteiger charge is 2.34. The molecule has 0 aliphatic carbocycles. The predicted octanol–water partition coefficient (Wildman–Crippen LogP) is 6.73. The Labute approximate surface area is 284 Å². The Kier molecular flexibility index (Phi) is 10.4. The van der Waals surface area contributed by atoms with Crippen LogP contribution in [0.4, 0.5) is 0 Å². The Bertz CT molecular complexity index is 2000. The van der Waals surface area contributed by atoms with E-state index in [1.54, 1.807) is 69.3 Å². The Balaban J connectivity index is 1.57. The van der Waals surface area contributed by atoms with Gasteiger partial charge in [0.05, 0.1) is 39.1 Å². The summed E-state index contributed by atoms with van der Waals surface area (Å²) in [5.41, 5.74) is 2.89. The minimum absolute atomic E-state index is 0.172. The van der Waals surface area contributed by atoms with Gasteiger partial charge in [0.2, 0.25) is 0 Å². The number of allylic oxidation sites excluding steroid dienone is 1. The van der Waals surface area contributed by atoms with Crippen LogP contribution in [0.25, 0.3) is 6.08 Å². The average Bonchev–Trinajstić information content (AvgIpc) is 3.30. The second kappa shape index (κ2) is 14.3. The van der Waals surface area contributed by atoms with Crippen LogP contribution in [-0.4, -0.2) is 29.7 Å². The molecule has 232 valence electrons. The fraction of sp³-hybridized carbons (Fsp3) is 0.212. The highest BCUT2D eigenvalue weighted by atomic mass is 79.9. The predicted molar refractivity (Wildman–Crippen MR) is 180 cm³/mol. The van der Waals surface area contributed by atoms with Gasteiger partial charge in [-0.2, -0.15) is 0 Å². The van der Waals surface area contributed by atoms with Gasteiger partial charge < -0.3 is 14.2 Å². The zero-order valence-corrected chi connectivity index (χ0v) is 29.2. The Morgan fingerprint density at radius 3 is 2.40 bits per heavy atom. The maximum atomic E-state index is 14.1. The molecule has 0 fully saturated rings. The Hall–Kier alpha value is -3.51. The third kappa shape index (κ3) is 7.01. The van der Waals surface area contributed by atoms with Crippen LogP contribution in [0.5, 0.6) is 5.75 Å². The number of aromatic nitrogens is 1. The number of rotatable bonds is 9. The quantitative estimate of drug-likeness (QED) is 0.175. The summed E-state index contributed by atoms with van der Waals surface area (Å²) in [5.74, 6) is -0.421. The second-order valence-corrected chi connectivity index (χ2v) is 13.0. The molecule has 1 aromatic heterocycles. The smallest absolute Gasteiger partial charge is 0.338 e. The first kappa shape index (κ1) is 32.9. The Morgan fingerprint density at radius 1 is 1.02 bits per heavy atom. The van der Waals surface area contributed by atoms with Gasteiger partial charge in [0, 0.05) is 15.1 Å². The number of esters is 2. The molecule has 45 heavy (non-hydrogen) atoms. The van der Waals surface area contributed by atoms with Gasteiger partial charge >= 0.3 is 11.9 Å². The molecule has 5 rings (SSSR count). The first-order chi connectivity index (χ1) is 21.6. The molecule has 0 radical (unpaired) electrons. The SMILES string of the molecule is CCOC(=O)C1=C(C)N=c2s/c(=C\c3cc(Br)cc(Br)c3OCc3ccc(C(=O)OCC)cc3)c(=O)n2[C@@H]1c1ccccc1Cl. The van der Waals surface area contributed by atoms with E-state index >= 15 is 0 Å². The van der Waals surface area contributed by atoms with Crippen molar-refractivity contribution in [2.24, 2.45) is 4.99 Å². The normalized spacial score (nSPS) is 14.5. The van der Waals surface area contributed by atoms with E-state index in [0.29, 0.717) is 53.6 Å². The summed E-state index contributed by atoms with van der Waals surface area (Å²) in [4.78, 5) is 44.3. The molecule has 4 aromatic rings. The number of hydrogen-bond donors (Lipinski definition) is 0. The molecule has 0 amide bonds. The van der Waals surface area contributed by atoms with Crippen LogP contribution in [0.2, 0.25) is 5.02 Å². The molecule has 0 spiro atoms. The summed E-state index contributed by atoms with van der Waals surface area (Å²) >= 11 is 15.0. The number of thiazole rings is 1. The first-order valence-electron chi connectivity index (χ1n) is 13.9. The van der Waals surface area contributed by atoms with Crippen LogP contribution in [0, 0.1) is 0 Å². The van der Waals surface area contributed by atoms with E-state index in [1.165, 1.54) is 15.9 Å². The van der Waals surface area contributed by atoms with E-state index in [2.05, 4.69) is 36.9 Å². The summed E-state index contributed by atoms with van der Waals surface area (Å²) in [6.45, 7) is 5.89. The fourth-order valence-corrected chi connectivity index (χ4v) is 7.52. The lowest BCUT2D eigenvalue weighted by Crippen LogP contribution is -2.40. The summed E-state index contributed by atoms with van der Waals surface area (Å²) in [5, 5.41) is 0.412. The van der Waals surface area contributed by atoms with Crippen LogP contribution >= 0.6 is 54.8 Å². The molecule has 0 saturated heterocycles. The summed E-state index contributed by atoms with van der Waals surface area (Å²) in [6.07, 6.45) is 1.74. The third-order valence-corrected chi connectivity index (χ3v) is 9.26. The number of benzene rings is 3. The van der Waals surface area contributed by atoms with Crippen LogP contribution in [-0.2, 0) is 20.9 Å². The van der Waals surface area contributed by atoms with Gasteiger partial charge in [-0.05, 0) is 84.2 Å². The maximum absolute atomic E-state index is 14.1. The molecule has 0 saturated carbocycles. The van der Waals surface area contributed by atoms with Crippen LogP contribution in [0.1, 0.15) is 53.9 Å². The average molecular weight is 775 g/mol. The van der Waals surface area contributed by atoms with Crippen molar-refractivity contribution in [3.8, 4) is 5.75 Å². The van der Waals surface area contributed by atoms with E-state index in [0.717, 1.165) is 10.0 Å². The minimum Gasteiger partial charge on any atom is -0.487 e. The van der Waals surface area contributed by atoms with E-state index in [4.69, 9.17) is 25.8 Å². The van der Waals surface area contributed by atoms with Crippen LogP contribution < -0.4 is 19.6 Å². The highest BCUT2D eigenvalue weighted by molar-refractivity contribution is 9.11. The molecule has 0 bridgehead atoms. The molecule has 2 heterocycles. The number of hydrogen-bond acceptors (Lipinski definition) is 8. The van der Waals surface area contributed by atoms with Gasteiger partial charge in [0.1, 0.15) is 18.4 Å². The molecule has 1 atom stereocenters. The lowest BCUT2D eigenvalue weighted by Gasteiger charge is -2.25. The zero-order chi connectivity index (χ0) is 32.2. The lowest BCUT2D eigenvalue weighted by atomic mass is 9.96. The molecule has 12 heteroatoms. The van der Waals surface area contributed by atoms with Gasteiger partial charge in [-0.25, -0.2) is 14.6 Å². The van der Waals surface area contributed by atoms with E-state index in [9.17, 15) is 14.4 Å². The van der Waals surface area contributed by atoms with Crippen molar-refractivity contribution in [2.45, 2.75) is 33.4 Å². The molecule has 8 nitrogen and oxygen atoms in total. The second-order valence-electron chi connectivity index (χ2n) is 9.84. The van der Waals surface area contributed by atoms with Gasteiger partial charge in [0.15, 0.2) is 4.80 Å². The van der Waals surface area contributed by atoms with Gasteiger partial charge in [-0.3, -0.25) is 9.36 Å². The molecule has 0 N–H and O–H groups in total. The van der Waals surface area contributed by atoms with Crippen molar-refractivity contribution in [1.29, 1.82) is 0 Å². The topological polar surface area (TPSA) is 96.2 Å². The Morgan fingerprint density at radius 2 is 1.71 bits per heavy atom. The molecule has 1 aliphatic heterocycles. The van der Waals surface area contributed by atoms with Crippen LogP contribution in [0.3, 0.4) is 0 Å². The highest BCUT2D eigenvalue weighted by Crippen LogP contribution is 2.36. The van der Waals surface area contributed by atoms with Crippen molar-refractivity contribution in [2.75, 3.05) is 13.2 Å². The van der Waals surface area contributed by atoms with Crippen molar-refractivity contribution in [1.82, 2.24) is 4.57 Å². The first-order valence-corrected chi connectivity index (χ1v) is 16.7. The van der Waals surface area contributed by atoms with E-state index in [1.807, 2.05) is 18.2 Å². The van der Waals surface area contributed by atoms with Crippen molar-refractivity contribution in [3.05, 3.63) is 128 Å². The number of carbonyl (C=O) groups excluding carboxylic acids is 2. The molecular weight excluding hydrogens is 748 g/mol. The molecule has 1 aliphatic rings. The molecule has 0 unspecified atom stereocenters. The zero-order valence-electron chi connectivity index (χ0n) is 24.4. The molecule has 3 aromatic carbocycles. The van der Waals surface area contributed by atoms with Crippen molar-refractivity contribution >= 4 is 72.8 Å².